The van der Waals surface area contributed by atoms with Gasteiger partial charge in [-0.05, 0) is 6.42 Å². The Balaban J connectivity index is 0. The number of allylic oxidation sites excluding steroid dienone is 4. The van der Waals surface area contributed by atoms with Crippen LogP contribution in [0.3, 0.4) is 0 Å². The van der Waals surface area contributed by atoms with Crippen molar-refractivity contribution in [3.63, 3.8) is 0 Å². The fourth-order valence-corrected chi connectivity index (χ4v) is 0.393. The van der Waals surface area contributed by atoms with Gasteiger partial charge >= 0.3 is 29.6 Å². The average Bonchev–Trinajstić information content (AvgIpc) is 2.43. The van der Waals surface area contributed by atoms with Crippen molar-refractivity contribution in [2.45, 2.75) is 26.2 Å². The van der Waals surface area contributed by atoms with E-state index in [1.165, 1.54) is 6.42 Å². The second kappa shape index (κ2) is 12.2. The van der Waals surface area contributed by atoms with Crippen LogP contribution in [-0.4, -0.2) is 0 Å². The van der Waals surface area contributed by atoms with Crippen LogP contribution in [0.15, 0.2) is 24.3 Å². The van der Waals surface area contributed by atoms with E-state index in [1.807, 2.05) is 0 Å². The van der Waals surface area contributed by atoms with Gasteiger partial charge in [0.2, 0.25) is 0 Å². The standard InChI is InChI=1S/C5H6.C4H9.Na/c1-2-4-5-3-1;1-3-4-2;/h1-4H,5H2;1,3-4H2,2H3;/q;-1;+1. The zero-order valence-corrected chi connectivity index (χ0v) is 9.14. The molecule has 0 bridgehead atoms. The molecule has 0 saturated carbocycles. The van der Waals surface area contributed by atoms with E-state index in [-0.39, 0.29) is 29.6 Å². The van der Waals surface area contributed by atoms with Gasteiger partial charge in [0.15, 0.2) is 0 Å². The molecule has 1 aliphatic carbocycles. The van der Waals surface area contributed by atoms with Gasteiger partial charge in [0.1, 0.15) is 0 Å². The topological polar surface area (TPSA) is 0 Å². The number of rotatable bonds is 1. The van der Waals surface area contributed by atoms with Gasteiger partial charge in [-0.15, -0.1) is 0 Å². The van der Waals surface area contributed by atoms with Crippen LogP contribution in [0.1, 0.15) is 26.2 Å². The third-order valence-electron chi connectivity index (χ3n) is 1.01. The molecule has 0 amide bonds. The Bertz CT molecular complexity index is 80.9. The van der Waals surface area contributed by atoms with Crippen LogP contribution in [0, 0.1) is 6.92 Å². The van der Waals surface area contributed by atoms with E-state index in [0.29, 0.717) is 0 Å². The largest absolute Gasteiger partial charge is 1.00 e. The van der Waals surface area contributed by atoms with Crippen LogP contribution < -0.4 is 29.6 Å². The zero-order valence-electron chi connectivity index (χ0n) is 7.14. The van der Waals surface area contributed by atoms with Crippen molar-refractivity contribution in [2.75, 3.05) is 0 Å². The Kier molecular flexibility index (Phi) is 16.0. The molecule has 0 nitrogen and oxygen atoms in total. The summed E-state index contributed by atoms with van der Waals surface area (Å²) in [5.74, 6) is 0. The monoisotopic (exact) mass is 146 g/mol. The molecule has 0 heterocycles. The third kappa shape index (κ3) is 11.3. The second-order valence-electron chi connectivity index (χ2n) is 1.95. The normalized spacial score (nSPS) is 11.8. The molecule has 1 rings (SSSR count). The maximum Gasteiger partial charge on any atom is 1.00 e. The number of hydrogen-bond donors (Lipinski definition) is 0. The van der Waals surface area contributed by atoms with Gasteiger partial charge in [0, 0.05) is 0 Å². The van der Waals surface area contributed by atoms with Gasteiger partial charge in [-0.1, -0.05) is 37.6 Å². The minimum Gasteiger partial charge on any atom is -0.343 e. The molecule has 1 aliphatic rings. The molecular weight excluding hydrogens is 131 g/mol. The molecule has 0 atom stereocenters. The summed E-state index contributed by atoms with van der Waals surface area (Å²) in [6.45, 7) is 5.72. The van der Waals surface area contributed by atoms with Crippen molar-refractivity contribution in [2.24, 2.45) is 0 Å². The van der Waals surface area contributed by atoms with Gasteiger partial charge in [-0.3, -0.25) is 0 Å². The quantitative estimate of drug-likeness (QED) is 0.364. The van der Waals surface area contributed by atoms with Gasteiger partial charge in [0.25, 0.3) is 0 Å². The van der Waals surface area contributed by atoms with Crippen molar-refractivity contribution in [1.82, 2.24) is 0 Å². The first-order valence-electron chi connectivity index (χ1n) is 3.52. The van der Waals surface area contributed by atoms with E-state index in [2.05, 4.69) is 38.2 Å². The Hall–Kier alpha value is 0.480. The molecule has 0 radical (unpaired) electrons. The molecule has 0 unspecified atom stereocenters. The van der Waals surface area contributed by atoms with Crippen molar-refractivity contribution >= 4 is 0 Å². The fourth-order valence-electron chi connectivity index (χ4n) is 0.393. The van der Waals surface area contributed by atoms with Crippen LogP contribution >= 0.6 is 0 Å². The molecule has 52 valence electrons. The summed E-state index contributed by atoms with van der Waals surface area (Å²) < 4.78 is 0. The second-order valence-corrected chi connectivity index (χ2v) is 1.95. The van der Waals surface area contributed by atoms with Crippen LogP contribution in [0.25, 0.3) is 0 Å². The summed E-state index contributed by atoms with van der Waals surface area (Å²) in [6, 6.07) is 0. The molecule has 0 aromatic heterocycles. The first-order chi connectivity index (χ1) is 4.41. The number of unbranched alkanes of at least 4 members (excludes halogenated alkanes) is 1. The molecule has 10 heavy (non-hydrogen) atoms. The summed E-state index contributed by atoms with van der Waals surface area (Å²) in [5, 5.41) is 0. The van der Waals surface area contributed by atoms with E-state index >= 15 is 0 Å². The average molecular weight is 146 g/mol. The molecule has 0 aliphatic heterocycles. The Morgan fingerprint density at radius 2 is 1.70 bits per heavy atom. The first kappa shape index (κ1) is 13.1. The first-order valence-corrected chi connectivity index (χ1v) is 3.52. The van der Waals surface area contributed by atoms with Crippen LogP contribution in [-0.2, 0) is 0 Å². The maximum absolute atomic E-state index is 3.60. The van der Waals surface area contributed by atoms with Gasteiger partial charge in [0.05, 0.1) is 0 Å². The van der Waals surface area contributed by atoms with Gasteiger partial charge < -0.3 is 6.92 Å². The van der Waals surface area contributed by atoms with Crippen molar-refractivity contribution < 1.29 is 29.6 Å². The van der Waals surface area contributed by atoms with Crippen molar-refractivity contribution in [3.8, 4) is 0 Å². The fraction of sp³-hybridized carbons (Fsp3) is 0.444. The van der Waals surface area contributed by atoms with Crippen molar-refractivity contribution in [1.29, 1.82) is 0 Å². The molecule has 0 aromatic carbocycles. The van der Waals surface area contributed by atoms with Crippen molar-refractivity contribution in [3.05, 3.63) is 31.2 Å². The smallest absolute Gasteiger partial charge is 0.343 e. The van der Waals surface area contributed by atoms with Gasteiger partial charge in [-0.25, -0.2) is 0 Å². The van der Waals surface area contributed by atoms with E-state index in [1.54, 1.807) is 0 Å². The molecule has 0 spiro atoms. The van der Waals surface area contributed by atoms with E-state index in [9.17, 15) is 0 Å². The van der Waals surface area contributed by atoms with E-state index in [0.717, 1.165) is 12.8 Å². The summed E-state index contributed by atoms with van der Waals surface area (Å²) in [6.07, 6.45) is 11.8. The van der Waals surface area contributed by atoms with Crippen LogP contribution in [0.5, 0.6) is 0 Å². The minimum absolute atomic E-state index is 0. The van der Waals surface area contributed by atoms with Crippen LogP contribution in [0.2, 0.25) is 0 Å². The van der Waals surface area contributed by atoms with E-state index in [4.69, 9.17) is 0 Å². The SMILES string of the molecule is C1=CCC=C1.[CH2-]CCC.[Na+]. The molecule has 0 N–H and O–H groups in total. The molecule has 0 aromatic rings. The maximum atomic E-state index is 3.60. The molecule has 0 saturated heterocycles. The Morgan fingerprint density at radius 3 is 1.80 bits per heavy atom. The summed E-state index contributed by atoms with van der Waals surface area (Å²) >= 11 is 0. The molecule has 0 fully saturated rings. The Labute approximate surface area is 86.7 Å². The molecular formula is C9H15Na. The zero-order chi connectivity index (χ0) is 6.95. The third-order valence-corrected chi connectivity index (χ3v) is 1.01. The summed E-state index contributed by atoms with van der Waals surface area (Å²) in [5.41, 5.74) is 0. The minimum atomic E-state index is 0. The predicted molar refractivity (Wildman–Crippen MR) is 43.2 cm³/mol. The summed E-state index contributed by atoms with van der Waals surface area (Å²) in [7, 11) is 0. The predicted octanol–water partition coefficient (Wildman–Crippen LogP) is 0.127. The van der Waals surface area contributed by atoms with Crippen LogP contribution in [0.4, 0.5) is 0 Å². The molecule has 1 heteroatoms. The number of hydrogen-bond acceptors (Lipinski definition) is 0. The van der Waals surface area contributed by atoms with E-state index < -0.39 is 0 Å². The van der Waals surface area contributed by atoms with Gasteiger partial charge in [-0.2, -0.15) is 6.42 Å². The summed E-state index contributed by atoms with van der Waals surface area (Å²) in [4.78, 5) is 0. The Morgan fingerprint density at radius 1 is 1.30 bits per heavy atom.